The summed E-state index contributed by atoms with van der Waals surface area (Å²) in [6.07, 6.45) is 4.47. The van der Waals surface area contributed by atoms with Gasteiger partial charge in [0.1, 0.15) is 6.26 Å². The first-order valence-electron chi connectivity index (χ1n) is 8.42. The number of esters is 1. The summed E-state index contributed by atoms with van der Waals surface area (Å²) in [4.78, 5) is 15.7. The molecule has 0 aliphatic rings. The number of aryl methyl sites for hydroxylation is 1. The molecule has 148 valence electrons. The number of carbonyl (C=O) groups is 1. The predicted octanol–water partition coefficient (Wildman–Crippen LogP) is 5.87. The summed E-state index contributed by atoms with van der Waals surface area (Å²) < 4.78 is 14.6. The second-order valence-corrected chi connectivity index (χ2v) is 6.23. The molecule has 2 aromatic carbocycles. The van der Waals surface area contributed by atoms with Crippen LogP contribution in [-0.2, 0) is 9.47 Å². The number of rotatable bonds is 6. The molecule has 0 spiro atoms. The van der Waals surface area contributed by atoms with Crippen LogP contribution in [0.3, 0.4) is 0 Å². The third kappa shape index (κ3) is 6.27. The normalized spacial score (nSPS) is 10.0. The van der Waals surface area contributed by atoms with Gasteiger partial charge in [0, 0.05) is 6.61 Å². The molecule has 0 bridgehead atoms. The molecule has 0 saturated carbocycles. The number of ether oxygens (including phenoxy) is 2. The van der Waals surface area contributed by atoms with E-state index in [2.05, 4.69) is 14.7 Å². The predicted molar refractivity (Wildman–Crippen MR) is 109 cm³/mol. The Labute approximate surface area is 173 Å². The topological polar surface area (TPSA) is 73.6 Å². The second kappa shape index (κ2) is 11.3. The lowest BCUT2D eigenvalue weighted by molar-refractivity contribution is -0.0273. The van der Waals surface area contributed by atoms with Crippen molar-refractivity contribution in [3.63, 3.8) is 0 Å². The minimum Gasteiger partial charge on any atom is -0.452 e. The third-order valence-electron chi connectivity index (χ3n) is 3.52. The van der Waals surface area contributed by atoms with E-state index in [9.17, 15) is 4.79 Å². The van der Waals surface area contributed by atoms with Gasteiger partial charge in [0.25, 0.3) is 0 Å². The van der Waals surface area contributed by atoms with Gasteiger partial charge in [-0.25, -0.2) is 9.78 Å². The Morgan fingerprint density at radius 2 is 2.00 bits per heavy atom. The maximum absolute atomic E-state index is 12.2. The van der Waals surface area contributed by atoms with E-state index in [4.69, 9.17) is 32.7 Å². The monoisotopic (exact) mass is 422 g/mol. The highest BCUT2D eigenvalue weighted by Gasteiger charge is 2.15. The standard InChI is InChI=1S/C17H17Cl2NO3.C3H3NO/c1-3-22-10-23-17(21)12-6-4-5-7-14(12)20-16-13(18)9-8-11(2)15(16)19;1-2-5-3-4-1/h4-9,20H,3,10H2,1-2H3;1-3H. The van der Waals surface area contributed by atoms with Crippen LogP contribution in [0.5, 0.6) is 0 Å². The Morgan fingerprint density at radius 3 is 2.64 bits per heavy atom. The molecule has 3 rings (SSSR count). The highest BCUT2D eigenvalue weighted by atomic mass is 35.5. The second-order valence-electron chi connectivity index (χ2n) is 5.44. The Bertz CT molecular complexity index is 869. The summed E-state index contributed by atoms with van der Waals surface area (Å²) in [5.41, 5.74) is 2.37. The SMILES string of the molecule is CCOCOC(=O)c1ccccc1Nc1c(Cl)ccc(C)c1Cl.c1cocn1. The van der Waals surface area contributed by atoms with Crippen molar-refractivity contribution in [2.45, 2.75) is 13.8 Å². The van der Waals surface area contributed by atoms with Gasteiger partial charge >= 0.3 is 5.97 Å². The van der Waals surface area contributed by atoms with Gasteiger partial charge in [0.05, 0.1) is 33.2 Å². The molecule has 0 atom stereocenters. The van der Waals surface area contributed by atoms with E-state index in [-0.39, 0.29) is 6.79 Å². The Morgan fingerprint density at radius 1 is 1.21 bits per heavy atom. The van der Waals surface area contributed by atoms with Gasteiger partial charge < -0.3 is 19.2 Å². The molecule has 0 unspecified atom stereocenters. The van der Waals surface area contributed by atoms with Crippen LogP contribution in [-0.4, -0.2) is 24.4 Å². The summed E-state index contributed by atoms with van der Waals surface area (Å²) >= 11 is 12.5. The van der Waals surface area contributed by atoms with Crippen LogP contribution in [0.4, 0.5) is 11.4 Å². The number of para-hydroxylation sites is 1. The number of anilines is 2. The molecular formula is C20H20Cl2N2O4. The van der Waals surface area contributed by atoms with Crippen LogP contribution < -0.4 is 5.32 Å². The van der Waals surface area contributed by atoms with Crippen LogP contribution in [0.1, 0.15) is 22.8 Å². The van der Waals surface area contributed by atoms with Crippen molar-refractivity contribution in [1.82, 2.24) is 4.98 Å². The average molecular weight is 423 g/mol. The fraction of sp³-hybridized carbons (Fsp3) is 0.200. The highest BCUT2D eigenvalue weighted by Crippen LogP contribution is 2.36. The fourth-order valence-electron chi connectivity index (χ4n) is 2.11. The molecule has 1 aromatic heterocycles. The van der Waals surface area contributed by atoms with Gasteiger partial charge in [-0.2, -0.15) is 0 Å². The van der Waals surface area contributed by atoms with Crippen LogP contribution in [0.25, 0.3) is 0 Å². The van der Waals surface area contributed by atoms with E-state index >= 15 is 0 Å². The van der Waals surface area contributed by atoms with Crippen LogP contribution in [0.2, 0.25) is 10.0 Å². The number of nitrogens with one attached hydrogen (secondary N) is 1. The number of halogens is 2. The van der Waals surface area contributed by atoms with E-state index in [1.54, 1.807) is 36.5 Å². The first-order valence-corrected chi connectivity index (χ1v) is 9.17. The molecule has 3 aromatic rings. The van der Waals surface area contributed by atoms with E-state index in [1.807, 2.05) is 19.9 Å². The smallest absolute Gasteiger partial charge is 0.342 e. The number of benzene rings is 2. The summed E-state index contributed by atoms with van der Waals surface area (Å²) in [5, 5.41) is 4.10. The van der Waals surface area contributed by atoms with Crippen molar-refractivity contribution in [2.24, 2.45) is 0 Å². The summed E-state index contributed by atoms with van der Waals surface area (Å²) in [7, 11) is 0. The van der Waals surface area contributed by atoms with Gasteiger partial charge in [-0.1, -0.05) is 41.4 Å². The van der Waals surface area contributed by atoms with Crippen molar-refractivity contribution in [3.05, 3.63) is 76.4 Å². The molecule has 8 heteroatoms. The minimum absolute atomic E-state index is 0.0877. The average Bonchev–Trinajstić information content (AvgIpc) is 3.29. The fourth-order valence-corrected chi connectivity index (χ4v) is 2.57. The van der Waals surface area contributed by atoms with E-state index in [0.717, 1.165) is 5.56 Å². The van der Waals surface area contributed by atoms with Gasteiger partial charge in [-0.3, -0.25) is 0 Å². The van der Waals surface area contributed by atoms with Gasteiger partial charge in [0.15, 0.2) is 13.2 Å². The number of oxazole rings is 1. The van der Waals surface area contributed by atoms with Crippen molar-refractivity contribution < 1.29 is 18.7 Å². The molecule has 1 heterocycles. The zero-order valence-corrected chi connectivity index (χ0v) is 17.0. The van der Waals surface area contributed by atoms with Gasteiger partial charge in [-0.05, 0) is 37.6 Å². The Hall–Kier alpha value is -2.54. The summed E-state index contributed by atoms with van der Waals surface area (Å²) in [6.45, 7) is 4.09. The van der Waals surface area contributed by atoms with Crippen molar-refractivity contribution >= 4 is 40.5 Å². The Balaban J connectivity index is 0.000000485. The molecule has 0 fully saturated rings. The van der Waals surface area contributed by atoms with Crippen molar-refractivity contribution in [1.29, 1.82) is 0 Å². The van der Waals surface area contributed by atoms with E-state index in [1.165, 1.54) is 12.7 Å². The van der Waals surface area contributed by atoms with Crippen molar-refractivity contribution in [3.8, 4) is 0 Å². The zero-order valence-electron chi connectivity index (χ0n) is 15.4. The number of hydrogen-bond donors (Lipinski definition) is 1. The third-order valence-corrected chi connectivity index (χ3v) is 4.32. The quantitative estimate of drug-likeness (QED) is 0.304. The summed E-state index contributed by atoms with van der Waals surface area (Å²) in [5.74, 6) is -0.485. The van der Waals surface area contributed by atoms with Crippen LogP contribution >= 0.6 is 23.2 Å². The number of carbonyl (C=O) groups excluding carboxylic acids is 1. The first kappa shape index (κ1) is 21.8. The van der Waals surface area contributed by atoms with Gasteiger partial charge in [-0.15, -0.1) is 0 Å². The molecule has 0 saturated heterocycles. The molecule has 1 N–H and O–H groups in total. The lowest BCUT2D eigenvalue weighted by atomic mass is 10.1. The first-order chi connectivity index (χ1) is 13.5. The highest BCUT2D eigenvalue weighted by molar-refractivity contribution is 6.39. The largest absolute Gasteiger partial charge is 0.452 e. The van der Waals surface area contributed by atoms with E-state index in [0.29, 0.717) is 33.6 Å². The zero-order chi connectivity index (χ0) is 20.4. The van der Waals surface area contributed by atoms with Crippen molar-refractivity contribution in [2.75, 3.05) is 18.7 Å². The minimum atomic E-state index is -0.485. The number of nitrogens with zero attached hydrogens (tertiary/aromatic N) is 1. The maximum Gasteiger partial charge on any atom is 0.342 e. The molecule has 28 heavy (non-hydrogen) atoms. The van der Waals surface area contributed by atoms with Crippen LogP contribution in [0.15, 0.2) is 59.7 Å². The molecule has 0 aliphatic carbocycles. The molecular weight excluding hydrogens is 403 g/mol. The summed E-state index contributed by atoms with van der Waals surface area (Å²) in [6, 6.07) is 10.6. The molecule has 0 radical (unpaired) electrons. The number of hydrogen-bond acceptors (Lipinski definition) is 6. The Kier molecular flexibility index (Phi) is 8.81. The van der Waals surface area contributed by atoms with Crippen LogP contribution in [0, 0.1) is 6.92 Å². The lowest BCUT2D eigenvalue weighted by Crippen LogP contribution is -2.11. The maximum atomic E-state index is 12.2. The number of aromatic nitrogens is 1. The molecule has 0 aliphatic heterocycles. The molecule has 6 nitrogen and oxygen atoms in total. The molecule has 0 amide bonds. The van der Waals surface area contributed by atoms with E-state index < -0.39 is 5.97 Å². The van der Waals surface area contributed by atoms with Gasteiger partial charge in [0.2, 0.25) is 0 Å². The lowest BCUT2D eigenvalue weighted by Gasteiger charge is -2.15.